The van der Waals surface area contributed by atoms with Gasteiger partial charge >= 0.3 is 0 Å². The van der Waals surface area contributed by atoms with Crippen molar-refractivity contribution in [3.63, 3.8) is 0 Å². The highest BCUT2D eigenvalue weighted by atomic mass is 35.5. The number of nitrogens with zero attached hydrogens (tertiary/aromatic N) is 2. The lowest BCUT2D eigenvalue weighted by Crippen LogP contribution is -2.28. The smallest absolute Gasteiger partial charge is 0.264 e. The minimum absolute atomic E-state index is 0.0232. The Morgan fingerprint density at radius 3 is 2.32 bits per heavy atom. The van der Waals surface area contributed by atoms with Crippen LogP contribution in [0.5, 0.6) is 0 Å². The lowest BCUT2D eigenvalue weighted by atomic mass is 10.1. The van der Waals surface area contributed by atoms with E-state index >= 15 is 0 Å². The molecule has 0 bridgehead atoms. The highest BCUT2D eigenvalue weighted by Gasteiger charge is 2.23. The van der Waals surface area contributed by atoms with E-state index in [1.807, 2.05) is 0 Å². The van der Waals surface area contributed by atoms with E-state index in [-0.39, 0.29) is 17.0 Å². The van der Waals surface area contributed by atoms with Crippen molar-refractivity contribution in [2.45, 2.75) is 11.4 Å². The van der Waals surface area contributed by atoms with Crippen molar-refractivity contribution in [2.24, 2.45) is 0 Å². The zero-order valence-corrected chi connectivity index (χ0v) is 18.3. The Morgan fingerprint density at radius 1 is 0.935 bits per heavy atom. The van der Waals surface area contributed by atoms with E-state index in [0.29, 0.717) is 16.3 Å². The van der Waals surface area contributed by atoms with Crippen LogP contribution >= 0.6 is 11.6 Å². The predicted molar refractivity (Wildman–Crippen MR) is 116 cm³/mol. The van der Waals surface area contributed by atoms with E-state index < -0.39 is 27.6 Å². The molecule has 9 heteroatoms. The van der Waals surface area contributed by atoms with Crippen molar-refractivity contribution in [3.05, 3.63) is 94.5 Å². The second-order valence-corrected chi connectivity index (χ2v) is 9.30. The Hall–Kier alpha value is -2.97. The lowest BCUT2D eigenvalue weighted by Gasteiger charge is -2.21. The van der Waals surface area contributed by atoms with Gasteiger partial charge < -0.3 is 4.90 Å². The van der Waals surface area contributed by atoms with Gasteiger partial charge in [0.1, 0.15) is 0 Å². The van der Waals surface area contributed by atoms with Crippen LogP contribution < -0.4 is 4.31 Å². The minimum atomic E-state index is -3.95. The van der Waals surface area contributed by atoms with Gasteiger partial charge in [0.25, 0.3) is 15.9 Å². The van der Waals surface area contributed by atoms with Crippen molar-refractivity contribution >= 4 is 33.2 Å². The SMILES string of the molecule is CN(Cc1ccc(F)c(F)c1)C(=O)c1cccc(S(=O)(=O)N(C)c2cccc(Cl)c2)c1. The molecule has 0 N–H and O–H groups in total. The third-order valence-corrected chi connectivity index (χ3v) is 6.68. The molecular weight excluding hydrogens is 446 g/mol. The molecule has 0 saturated carbocycles. The van der Waals surface area contributed by atoms with Gasteiger partial charge in [-0.05, 0) is 54.1 Å². The fourth-order valence-electron chi connectivity index (χ4n) is 2.96. The molecule has 0 aliphatic rings. The summed E-state index contributed by atoms with van der Waals surface area (Å²) in [5.74, 6) is -2.44. The second-order valence-electron chi connectivity index (χ2n) is 6.89. The summed E-state index contributed by atoms with van der Waals surface area (Å²) < 4.78 is 53.7. The number of rotatable bonds is 6. The first-order valence-corrected chi connectivity index (χ1v) is 11.0. The molecule has 3 rings (SSSR count). The third kappa shape index (κ3) is 5.03. The first-order chi connectivity index (χ1) is 14.6. The molecule has 162 valence electrons. The summed E-state index contributed by atoms with van der Waals surface area (Å²) >= 11 is 5.96. The fraction of sp³-hybridized carbons (Fsp3) is 0.136. The summed E-state index contributed by atoms with van der Waals surface area (Å²) in [5, 5.41) is 0.391. The number of hydrogen-bond acceptors (Lipinski definition) is 3. The highest BCUT2D eigenvalue weighted by molar-refractivity contribution is 7.92. The molecule has 3 aromatic carbocycles. The summed E-state index contributed by atoms with van der Waals surface area (Å²) in [4.78, 5) is 14.0. The van der Waals surface area contributed by atoms with E-state index in [2.05, 4.69) is 0 Å². The molecule has 0 unspecified atom stereocenters. The van der Waals surface area contributed by atoms with Crippen LogP contribution in [0.2, 0.25) is 5.02 Å². The van der Waals surface area contributed by atoms with Crippen LogP contribution in [-0.4, -0.2) is 33.3 Å². The molecule has 0 spiro atoms. The third-order valence-electron chi connectivity index (χ3n) is 4.66. The number of anilines is 1. The van der Waals surface area contributed by atoms with Gasteiger partial charge in [-0.15, -0.1) is 0 Å². The quantitative estimate of drug-likeness (QED) is 0.530. The standard InChI is InChI=1S/C22H19ClF2N2O3S/c1-26(14-15-9-10-20(24)21(25)11-15)22(28)16-5-3-8-19(12-16)31(29,30)27(2)18-7-4-6-17(23)13-18/h3-13H,14H2,1-2H3. The van der Waals surface area contributed by atoms with Crippen molar-refractivity contribution in [3.8, 4) is 0 Å². The van der Waals surface area contributed by atoms with Crippen LogP contribution in [0.15, 0.2) is 71.6 Å². The van der Waals surface area contributed by atoms with Gasteiger partial charge in [-0.1, -0.05) is 29.8 Å². The predicted octanol–water partition coefficient (Wildman–Crippen LogP) is 4.72. The van der Waals surface area contributed by atoms with Crippen LogP contribution in [0, 0.1) is 11.6 Å². The topological polar surface area (TPSA) is 57.7 Å². The van der Waals surface area contributed by atoms with Crippen LogP contribution in [0.3, 0.4) is 0 Å². The van der Waals surface area contributed by atoms with E-state index in [4.69, 9.17) is 11.6 Å². The van der Waals surface area contributed by atoms with Crippen LogP contribution in [0.25, 0.3) is 0 Å². The normalized spacial score (nSPS) is 11.3. The summed E-state index contributed by atoms with van der Waals surface area (Å²) in [6, 6.07) is 15.4. The molecule has 0 radical (unpaired) electrons. The zero-order valence-electron chi connectivity index (χ0n) is 16.7. The van der Waals surface area contributed by atoms with Gasteiger partial charge in [0.15, 0.2) is 11.6 Å². The average molecular weight is 465 g/mol. The molecule has 0 aromatic heterocycles. The first-order valence-electron chi connectivity index (χ1n) is 9.13. The van der Waals surface area contributed by atoms with Crippen LogP contribution in [0.1, 0.15) is 15.9 Å². The Labute approximate surface area is 184 Å². The van der Waals surface area contributed by atoms with Gasteiger partial charge in [-0.25, -0.2) is 17.2 Å². The van der Waals surface area contributed by atoms with Gasteiger partial charge in [0, 0.05) is 31.2 Å². The molecule has 0 saturated heterocycles. The number of carbonyl (C=O) groups is 1. The first kappa shape index (κ1) is 22.7. The summed E-state index contributed by atoms with van der Waals surface area (Å²) in [5.41, 5.74) is 0.921. The Kier molecular flexibility index (Phi) is 6.62. The van der Waals surface area contributed by atoms with Crippen LogP contribution in [0.4, 0.5) is 14.5 Å². The maximum absolute atomic E-state index is 13.4. The Balaban J connectivity index is 1.84. The van der Waals surface area contributed by atoms with Crippen LogP contribution in [-0.2, 0) is 16.6 Å². The number of hydrogen-bond donors (Lipinski definition) is 0. The summed E-state index contributed by atoms with van der Waals surface area (Å²) in [6.07, 6.45) is 0. The molecule has 0 aliphatic carbocycles. The summed E-state index contributed by atoms with van der Waals surface area (Å²) in [6.45, 7) is 0.0232. The molecular formula is C22H19ClF2N2O3S. The highest BCUT2D eigenvalue weighted by Crippen LogP contribution is 2.25. The fourth-order valence-corrected chi connectivity index (χ4v) is 4.38. The molecule has 0 aliphatic heterocycles. The monoisotopic (exact) mass is 464 g/mol. The van der Waals surface area contributed by atoms with E-state index in [1.54, 1.807) is 18.2 Å². The molecule has 3 aromatic rings. The average Bonchev–Trinajstić information content (AvgIpc) is 2.75. The number of halogens is 3. The Morgan fingerprint density at radius 2 is 1.65 bits per heavy atom. The lowest BCUT2D eigenvalue weighted by molar-refractivity contribution is 0.0784. The van der Waals surface area contributed by atoms with Crippen molar-refractivity contribution in [1.82, 2.24) is 4.90 Å². The maximum atomic E-state index is 13.4. The number of amides is 1. The largest absolute Gasteiger partial charge is 0.337 e. The van der Waals surface area contributed by atoms with Crippen molar-refractivity contribution in [1.29, 1.82) is 0 Å². The van der Waals surface area contributed by atoms with Gasteiger partial charge in [-0.3, -0.25) is 9.10 Å². The van der Waals surface area contributed by atoms with Crippen molar-refractivity contribution in [2.75, 3.05) is 18.4 Å². The second kappa shape index (κ2) is 9.03. The zero-order chi connectivity index (χ0) is 22.8. The Bertz CT molecular complexity index is 1230. The molecule has 5 nitrogen and oxygen atoms in total. The van der Waals surface area contributed by atoms with Crippen molar-refractivity contribution < 1.29 is 22.0 Å². The molecule has 0 fully saturated rings. The van der Waals surface area contributed by atoms with Gasteiger partial charge in [-0.2, -0.15) is 0 Å². The maximum Gasteiger partial charge on any atom is 0.264 e. The number of sulfonamides is 1. The van der Waals surface area contributed by atoms with E-state index in [0.717, 1.165) is 16.4 Å². The van der Waals surface area contributed by atoms with E-state index in [9.17, 15) is 22.0 Å². The van der Waals surface area contributed by atoms with Gasteiger partial charge in [0.05, 0.1) is 10.6 Å². The van der Waals surface area contributed by atoms with Gasteiger partial charge in [0.2, 0.25) is 0 Å². The molecule has 0 atom stereocenters. The summed E-state index contributed by atoms with van der Waals surface area (Å²) in [7, 11) is -1.06. The molecule has 31 heavy (non-hydrogen) atoms. The molecule has 0 heterocycles. The number of carbonyl (C=O) groups excluding carboxylic acids is 1. The minimum Gasteiger partial charge on any atom is -0.337 e. The molecule has 1 amide bonds. The number of benzene rings is 3. The van der Waals surface area contributed by atoms with E-state index in [1.165, 1.54) is 55.4 Å².